The Bertz CT molecular complexity index is 376. The first kappa shape index (κ1) is 6.78. The zero-order chi connectivity index (χ0) is 8.39. The summed E-state index contributed by atoms with van der Waals surface area (Å²) in [5, 5.41) is 6.49. The standard InChI is InChI=1S/C7H6N4O/c12-5-7-8-3-4-11(7)6-1-2-9-10-6/h1-5H,(H,9,10). The van der Waals surface area contributed by atoms with E-state index in [2.05, 4.69) is 15.2 Å². The zero-order valence-electron chi connectivity index (χ0n) is 6.14. The lowest BCUT2D eigenvalue weighted by atomic mass is 10.6. The van der Waals surface area contributed by atoms with Crippen molar-refractivity contribution in [1.82, 2.24) is 19.7 Å². The molecule has 0 aromatic carbocycles. The fourth-order valence-corrected chi connectivity index (χ4v) is 0.989. The Morgan fingerprint density at radius 3 is 3.08 bits per heavy atom. The molecule has 5 heteroatoms. The fourth-order valence-electron chi connectivity index (χ4n) is 0.989. The van der Waals surface area contributed by atoms with Crippen molar-refractivity contribution in [3.63, 3.8) is 0 Å². The molecule has 2 aromatic heterocycles. The second-order valence-corrected chi connectivity index (χ2v) is 2.22. The third kappa shape index (κ3) is 0.914. The number of nitrogens with zero attached hydrogens (tertiary/aromatic N) is 3. The first-order valence-electron chi connectivity index (χ1n) is 3.40. The molecule has 0 aliphatic carbocycles. The largest absolute Gasteiger partial charge is 0.294 e. The van der Waals surface area contributed by atoms with Gasteiger partial charge in [-0.2, -0.15) is 5.10 Å². The van der Waals surface area contributed by atoms with Crippen LogP contribution in [0, 0.1) is 0 Å². The van der Waals surface area contributed by atoms with Gasteiger partial charge in [-0.05, 0) is 0 Å². The summed E-state index contributed by atoms with van der Waals surface area (Å²) in [5.74, 6) is 1.09. The molecular formula is C7H6N4O. The lowest BCUT2D eigenvalue weighted by Gasteiger charge is -1.97. The number of imidazole rings is 1. The molecule has 60 valence electrons. The highest BCUT2D eigenvalue weighted by Crippen LogP contribution is 2.03. The highest BCUT2D eigenvalue weighted by Gasteiger charge is 2.02. The zero-order valence-corrected chi connectivity index (χ0v) is 6.14. The highest BCUT2D eigenvalue weighted by atomic mass is 16.1. The first-order valence-corrected chi connectivity index (χ1v) is 3.40. The predicted octanol–water partition coefficient (Wildman–Crippen LogP) is 0.408. The molecule has 12 heavy (non-hydrogen) atoms. The van der Waals surface area contributed by atoms with Gasteiger partial charge in [0, 0.05) is 18.5 Å². The van der Waals surface area contributed by atoms with Gasteiger partial charge in [0.2, 0.25) is 0 Å². The summed E-state index contributed by atoms with van der Waals surface area (Å²) < 4.78 is 1.62. The van der Waals surface area contributed by atoms with Crippen molar-refractivity contribution in [2.24, 2.45) is 0 Å². The van der Waals surface area contributed by atoms with Crippen molar-refractivity contribution in [1.29, 1.82) is 0 Å². The monoisotopic (exact) mass is 162 g/mol. The van der Waals surface area contributed by atoms with Crippen LogP contribution in [0.5, 0.6) is 0 Å². The van der Waals surface area contributed by atoms with Crippen molar-refractivity contribution in [3.8, 4) is 5.82 Å². The molecule has 0 saturated heterocycles. The van der Waals surface area contributed by atoms with Crippen molar-refractivity contribution >= 4 is 6.29 Å². The highest BCUT2D eigenvalue weighted by molar-refractivity contribution is 5.70. The minimum atomic E-state index is 0.360. The van der Waals surface area contributed by atoms with Crippen molar-refractivity contribution < 1.29 is 4.79 Å². The summed E-state index contributed by atoms with van der Waals surface area (Å²) >= 11 is 0. The van der Waals surface area contributed by atoms with E-state index in [1.165, 1.54) is 0 Å². The molecule has 0 bridgehead atoms. The second kappa shape index (κ2) is 2.61. The number of carbonyl (C=O) groups is 1. The Kier molecular flexibility index (Phi) is 1.48. The van der Waals surface area contributed by atoms with Crippen molar-refractivity contribution in [3.05, 3.63) is 30.5 Å². The maximum Gasteiger partial charge on any atom is 0.185 e. The number of carbonyl (C=O) groups excluding carboxylic acids is 1. The molecule has 1 N–H and O–H groups in total. The maximum absolute atomic E-state index is 10.5. The molecule has 0 radical (unpaired) electrons. The number of aromatic nitrogens is 4. The summed E-state index contributed by atoms with van der Waals surface area (Å²) in [6, 6.07) is 1.76. The molecule has 0 aliphatic rings. The van der Waals surface area contributed by atoms with Gasteiger partial charge in [-0.3, -0.25) is 14.5 Å². The number of H-pyrrole nitrogens is 1. The quantitative estimate of drug-likeness (QED) is 0.650. The molecular weight excluding hydrogens is 156 g/mol. The van der Waals surface area contributed by atoms with Gasteiger partial charge in [0.1, 0.15) is 5.82 Å². The van der Waals surface area contributed by atoms with Gasteiger partial charge in [-0.1, -0.05) is 0 Å². The average Bonchev–Trinajstić information content (AvgIpc) is 2.74. The Labute approximate surface area is 68.1 Å². The van der Waals surface area contributed by atoms with Crippen molar-refractivity contribution in [2.75, 3.05) is 0 Å². The number of hydrogen-bond acceptors (Lipinski definition) is 3. The number of rotatable bonds is 2. The van der Waals surface area contributed by atoms with Crippen LogP contribution in [0.4, 0.5) is 0 Å². The van der Waals surface area contributed by atoms with Crippen LogP contribution in [-0.4, -0.2) is 26.0 Å². The lowest BCUT2D eigenvalue weighted by Crippen LogP contribution is -1.98. The predicted molar refractivity (Wildman–Crippen MR) is 41.1 cm³/mol. The van der Waals surface area contributed by atoms with Crippen molar-refractivity contribution in [2.45, 2.75) is 0 Å². The summed E-state index contributed by atoms with van der Waals surface area (Å²) in [4.78, 5) is 14.3. The Hall–Kier alpha value is -1.91. The third-order valence-electron chi connectivity index (χ3n) is 1.52. The van der Waals surface area contributed by atoms with E-state index in [-0.39, 0.29) is 0 Å². The SMILES string of the molecule is O=Cc1nccn1-c1ccn[nH]1. The van der Waals surface area contributed by atoms with Gasteiger partial charge in [0.25, 0.3) is 0 Å². The van der Waals surface area contributed by atoms with E-state index in [0.717, 1.165) is 5.82 Å². The molecule has 0 atom stereocenters. The van der Waals surface area contributed by atoms with Crippen LogP contribution in [0.1, 0.15) is 10.6 Å². The third-order valence-corrected chi connectivity index (χ3v) is 1.52. The number of nitrogens with one attached hydrogen (secondary N) is 1. The lowest BCUT2D eigenvalue weighted by molar-refractivity contribution is 0.111. The summed E-state index contributed by atoms with van der Waals surface area (Å²) in [5.41, 5.74) is 0. The normalized spacial score (nSPS) is 10.0. The molecule has 5 nitrogen and oxygen atoms in total. The maximum atomic E-state index is 10.5. The Morgan fingerprint density at radius 1 is 1.50 bits per heavy atom. The molecule has 0 spiro atoms. The fraction of sp³-hybridized carbons (Fsp3) is 0. The summed E-state index contributed by atoms with van der Waals surface area (Å²) in [6.07, 6.45) is 5.56. The van der Waals surface area contributed by atoms with Crippen LogP contribution in [0.15, 0.2) is 24.7 Å². The van der Waals surface area contributed by atoms with E-state index < -0.39 is 0 Å². The van der Waals surface area contributed by atoms with Crippen LogP contribution in [-0.2, 0) is 0 Å². The van der Waals surface area contributed by atoms with Crippen LogP contribution in [0.2, 0.25) is 0 Å². The Balaban J connectivity index is 2.53. The van der Waals surface area contributed by atoms with E-state index in [4.69, 9.17) is 0 Å². The van der Waals surface area contributed by atoms with Gasteiger partial charge < -0.3 is 0 Å². The number of aldehydes is 1. The van der Waals surface area contributed by atoms with Crippen LogP contribution < -0.4 is 0 Å². The number of aromatic amines is 1. The summed E-state index contributed by atoms with van der Waals surface area (Å²) in [6.45, 7) is 0. The van der Waals surface area contributed by atoms with E-state index in [1.54, 1.807) is 29.2 Å². The average molecular weight is 162 g/mol. The molecule has 2 aromatic rings. The molecule has 0 saturated carbocycles. The van der Waals surface area contributed by atoms with E-state index >= 15 is 0 Å². The smallest absolute Gasteiger partial charge is 0.185 e. The topological polar surface area (TPSA) is 63.6 Å². The molecule has 0 amide bonds. The van der Waals surface area contributed by atoms with Gasteiger partial charge >= 0.3 is 0 Å². The molecule has 0 aliphatic heterocycles. The molecule has 2 rings (SSSR count). The van der Waals surface area contributed by atoms with E-state index in [1.807, 2.05) is 0 Å². The minimum absolute atomic E-state index is 0.360. The van der Waals surface area contributed by atoms with Gasteiger partial charge in [0.05, 0.1) is 6.20 Å². The molecule has 0 fully saturated rings. The minimum Gasteiger partial charge on any atom is -0.294 e. The van der Waals surface area contributed by atoms with Crippen LogP contribution >= 0.6 is 0 Å². The molecule has 0 unspecified atom stereocenters. The Morgan fingerprint density at radius 2 is 2.42 bits per heavy atom. The van der Waals surface area contributed by atoms with Crippen LogP contribution in [0.25, 0.3) is 5.82 Å². The van der Waals surface area contributed by atoms with Gasteiger partial charge in [-0.15, -0.1) is 0 Å². The van der Waals surface area contributed by atoms with Crippen LogP contribution in [0.3, 0.4) is 0 Å². The van der Waals surface area contributed by atoms with E-state index in [9.17, 15) is 4.79 Å². The van der Waals surface area contributed by atoms with Gasteiger partial charge in [-0.25, -0.2) is 4.98 Å². The van der Waals surface area contributed by atoms with Gasteiger partial charge in [0.15, 0.2) is 12.1 Å². The first-order chi connectivity index (χ1) is 5.92. The summed E-state index contributed by atoms with van der Waals surface area (Å²) in [7, 11) is 0. The number of hydrogen-bond donors (Lipinski definition) is 1. The van der Waals surface area contributed by atoms with E-state index in [0.29, 0.717) is 12.1 Å². The molecule has 2 heterocycles. The second-order valence-electron chi connectivity index (χ2n) is 2.22.